The Morgan fingerprint density at radius 3 is 0.909 bits per heavy atom. The summed E-state index contributed by atoms with van der Waals surface area (Å²) in [5, 5.41) is 0. The Morgan fingerprint density at radius 2 is 0.600 bits per heavy atom. The van der Waals surface area contributed by atoms with Crippen molar-refractivity contribution >= 4 is 17.9 Å². The molecule has 0 saturated heterocycles. The van der Waals surface area contributed by atoms with Gasteiger partial charge in [-0.2, -0.15) is 0 Å². The van der Waals surface area contributed by atoms with Crippen LogP contribution < -0.4 is 0 Å². The first-order chi connectivity index (χ1) is 27.0. The highest BCUT2D eigenvalue weighted by Crippen LogP contribution is 2.15. The fraction of sp³-hybridized carbons (Fsp3) is 0.898. The van der Waals surface area contributed by atoms with E-state index in [4.69, 9.17) is 14.2 Å². The van der Waals surface area contributed by atoms with Crippen LogP contribution in [0, 0.1) is 0 Å². The summed E-state index contributed by atoms with van der Waals surface area (Å²) in [6, 6.07) is 0. The molecule has 0 aromatic carbocycles. The lowest BCUT2D eigenvalue weighted by Gasteiger charge is -2.18. The van der Waals surface area contributed by atoms with Crippen LogP contribution in [-0.4, -0.2) is 37.2 Å². The zero-order valence-electron chi connectivity index (χ0n) is 37.0. The summed E-state index contributed by atoms with van der Waals surface area (Å²) in [4.78, 5) is 37.8. The van der Waals surface area contributed by atoms with E-state index in [-0.39, 0.29) is 31.1 Å². The molecule has 324 valence electrons. The second-order valence-electron chi connectivity index (χ2n) is 16.4. The molecule has 0 aromatic heterocycles. The standard InChI is InChI=1S/C49H92O6/c1-4-7-10-13-16-19-22-24-25-26-28-30-33-36-39-42-48(51)54-45-46(44-53-47(50)41-38-35-32-29-21-18-15-12-9-6-3)55-49(52)43-40-37-34-31-27-23-20-17-14-11-8-5-2/h24-25,46H,4-23,26-45H2,1-3H3/b25-24-/t46-/m1/s1. The number of esters is 3. The highest BCUT2D eigenvalue weighted by Gasteiger charge is 2.19. The molecule has 0 aliphatic heterocycles. The molecule has 0 heterocycles. The summed E-state index contributed by atoms with van der Waals surface area (Å²) in [6.07, 6.45) is 47.6. The van der Waals surface area contributed by atoms with Crippen molar-refractivity contribution in [3.63, 3.8) is 0 Å². The zero-order chi connectivity index (χ0) is 40.1. The summed E-state index contributed by atoms with van der Waals surface area (Å²) in [6.45, 7) is 6.63. The third kappa shape index (κ3) is 43.1. The highest BCUT2D eigenvalue weighted by molar-refractivity contribution is 5.71. The van der Waals surface area contributed by atoms with E-state index in [1.807, 2.05) is 0 Å². The van der Waals surface area contributed by atoms with Crippen molar-refractivity contribution in [3.05, 3.63) is 12.2 Å². The van der Waals surface area contributed by atoms with Gasteiger partial charge in [0.05, 0.1) is 0 Å². The van der Waals surface area contributed by atoms with E-state index in [9.17, 15) is 14.4 Å². The van der Waals surface area contributed by atoms with Crippen LogP contribution in [0.2, 0.25) is 0 Å². The Hall–Kier alpha value is -1.85. The Balaban J connectivity index is 4.32. The SMILES string of the molecule is CCCCCCCC/C=C\CCCCCCCC(=O)OC[C@@H](COC(=O)CCCCCCCCCCCC)OC(=O)CCCCCCCCCCCCCC. The number of allylic oxidation sites excluding steroid dienone is 2. The predicted octanol–water partition coefficient (Wildman–Crippen LogP) is 15.4. The molecule has 0 amide bonds. The van der Waals surface area contributed by atoms with E-state index in [1.54, 1.807) is 0 Å². The van der Waals surface area contributed by atoms with Gasteiger partial charge in [-0.15, -0.1) is 0 Å². The third-order valence-corrected chi connectivity index (χ3v) is 10.8. The summed E-state index contributed by atoms with van der Waals surface area (Å²) in [7, 11) is 0. The molecule has 55 heavy (non-hydrogen) atoms. The molecule has 6 heteroatoms. The predicted molar refractivity (Wildman–Crippen MR) is 233 cm³/mol. The molecule has 0 spiro atoms. The average molecular weight is 777 g/mol. The molecular formula is C49H92O6. The second-order valence-corrected chi connectivity index (χ2v) is 16.4. The van der Waals surface area contributed by atoms with E-state index < -0.39 is 6.10 Å². The van der Waals surface area contributed by atoms with Gasteiger partial charge >= 0.3 is 17.9 Å². The second kappa shape index (κ2) is 44.9. The molecule has 0 bridgehead atoms. The van der Waals surface area contributed by atoms with Crippen LogP contribution in [0.25, 0.3) is 0 Å². The minimum Gasteiger partial charge on any atom is -0.462 e. The number of hydrogen-bond donors (Lipinski definition) is 0. The van der Waals surface area contributed by atoms with Crippen LogP contribution in [0.15, 0.2) is 12.2 Å². The minimum atomic E-state index is -0.764. The maximum atomic E-state index is 12.7. The van der Waals surface area contributed by atoms with Crippen molar-refractivity contribution in [2.75, 3.05) is 13.2 Å². The molecular weight excluding hydrogens is 685 g/mol. The maximum absolute atomic E-state index is 12.7. The lowest BCUT2D eigenvalue weighted by atomic mass is 10.0. The van der Waals surface area contributed by atoms with Crippen molar-refractivity contribution in [2.24, 2.45) is 0 Å². The number of carbonyl (C=O) groups is 3. The van der Waals surface area contributed by atoms with Crippen LogP contribution in [0.4, 0.5) is 0 Å². The zero-order valence-corrected chi connectivity index (χ0v) is 37.0. The molecule has 1 atom stereocenters. The first kappa shape index (κ1) is 53.1. The van der Waals surface area contributed by atoms with Gasteiger partial charge in [0.15, 0.2) is 6.10 Å². The summed E-state index contributed by atoms with van der Waals surface area (Å²) < 4.78 is 16.7. The van der Waals surface area contributed by atoms with Crippen LogP contribution in [0.5, 0.6) is 0 Å². The lowest BCUT2D eigenvalue weighted by Crippen LogP contribution is -2.30. The van der Waals surface area contributed by atoms with Gasteiger partial charge in [0.25, 0.3) is 0 Å². The van der Waals surface area contributed by atoms with E-state index in [2.05, 4.69) is 32.9 Å². The monoisotopic (exact) mass is 777 g/mol. The van der Waals surface area contributed by atoms with Gasteiger partial charge in [0.1, 0.15) is 13.2 Å². The minimum absolute atomic E-state index is 0.0680. The topological polar surface area (TPSA) is 78.9 Å². The molecule has 0 radical (unpaired) electrons. The molecule has 0 aliphatic carbocycles. The van der Waals surface area contributed by atoms with Gasteiger partial charge in [-0.25, -0.2) is 0 Å². The van der Waals surface area contributed by atoms with E-state index in [1.165, 1.54) is 161 Å². The van der Waals surface area contributed by atoms with Crippen LogP contribution in [-0.2, 0) is 28.6 Å². The van der Waals surface area contributed by atoms with Crippen LogP contribution in [0.1, 0.15) is 265 Å². The molecule has 0 unspecified atom stereocenters. The normalized spacial score (nSPS) is 12.0. The molecule has 0 rings (SSSR count). The number of carbonyl (C=O) groups excluding carboxylic acids is 3. The van der Waals surface area contributed by atoms with Gasteiger partial charge in [0.2, 0.25) is 0 Å². The smallest absolute Gasteiger partial charge is 0.306 e. The lowest BCUT2D eigenvalue weighted by molar-refractivity contribution is -0.167. The van der Waals surface area contributed by atoms with Crippen molar-refractivity contribution in [3.8, 4) is 0 Å². The number of hydrogen-bond acceptors (Lipinski definition) is 6. The van der Waals surface area contributed by atoms with Crippen molar-refractivity contribution in [1.29, 1.82) is 0 Å². The molecule has 0 aliphatic rings. The van der Waals surface area contributed by atoms with Gasteiger partial charge < -0.3 is 14.2 Å². The van der Waals surface area contributed by atoms with Crippen molar-refractivity contribution < 1.29 is 28.6 Å². The van der Waals surface area contributed by atoms with Gasteiger partial charge in [0, 0.05) is 19.3 Å². The molecule has 0 saturated carbocycles. The Labute approximate surface area is 341 Å². The Morgan fingerprint density at radius 1 is 0.345 bits per heavy atom. The van der Waals surface area contributed by atoms with E-state index in [0.29, 0.717) is 19.3 Å². The Bertz CT molecular complexity index is 854. The average Bonchev–Trinajstić information content (AvgIpc) is 3.18. The number of rotatable bonds is 44. The maximum Gasteiger partial charge on any atom is 0.306 e. The molecule has 0 fully saturated rings. The quantitative estimate of drug-likeness (QED) is 0.0265. The van der Waals surface area contributed by atoms with Crippen molar-refractivity contribution in [2.45, 2.75) is 271 Å². The number of ether oxygens (including phenoxy) is 3. The summed E-state index contributed by atoms with van der Waals surface area (Å²) >= 11 is 0. The molecule has 6 nitrogen and oxygen atoms in total. The first-order valence-corrected chi connectivity index (χ1v) is 24.2. The summed E-state index contributed by atoms with van der Waals surface area (Å²) in [5.41, 5.74) is 0. The van der Waals surface area contributed by atoms with Crippen molar-refractivity contribution in [1.82, 2.24) is 0 Å². The van der Waals surface area contributed by atoms with Gasteiger partial charge in [-0.05, 0) is 44.9 Å². The molecule has 0 aromatic rings. The fourth-order valence-electron chi connectivity index (χ4n) is 7.08. The molecule has 0 N–H and O–H groups in total. The largest absolute Gasteiger partial charge is 0.462 e. The van der Waals surface area contributed by atoms with Gasteiger partial charge in [-0.3, -0.25) is 14.4 Å². The first-order valence-electron chi connectivity index (χ1n) is 24.2. The number of unbranched alkanes of at least 4 members (excludes halogenated alkanes) is 31. The Kier molecular flexibility index (Phi) is 43.4. The van der Waals surface area contributed by atoms with Gasteiger partial charge in [-0.1, -0.05) is 213 Å². The van der Waals surface area contributed by atoms with E-state index >= 15 is 0 Å². The fourth-order valence-corrected chi connectivity index (χ4v) is 7.08. The highest BCUT2D eigenvalue weighted by atomic mass is 16.6. The van der Waals surface area contributed by atoms with Crippen LogP contribution >= 0.6 is 0 Å². The van der Waals surface area contributed by atoms with E-state index in [0.717, 1.165) is 64.2 Å². The summed E-state index contributed by atoms with van der Waals surface area (Å²) in [5.74, 6) is -0.867. The third-order valence-electron chi connectivity index (χ3n) is 10.8. The van der Waals surface area contributed by atoms with Crippen LogP contribution in [0.3, 0.4) is 0 Å².